The molecule has 5 rings (SSSR count). The molecule has 2 aliphatic rings. The molecule has 3 aromatic rings. The van der Waals surface area contributed by atoms with Gasteiger partial charge in [0.25, 0.3) is 0 Å². The van der Waals surface area contributed by atoms with Crippen molar-refractivity contribution < 1.29 is 13.2 Å². The summed E-state index contributed by atoms with van der Waals surface area (Å²) in [5.41, 5.74) is 3.16. The van der Waals surface area contributed by atoms with Gasteiger partial charge >= 0.3 is 0 Å². The number of carbonyl (C=O) groups excluding carboxylic acids is 1. The number of sulfonamides is 1. The van der Waals surface area contributed by atoms with E-state index in [0.29, 0.717) is 35.1 Å². The summed E-state index contributed by atoms with van der Waals surface area (Å²) in [6.07, 6.45) is 4.26. The van der Waals surface area contributed by atoms with Gasteiger partial charge in [-0.2, -0.15) is 4.31 Å². The maximum Gasteiger partial charge on any atom is 0.243 e. The number of anilines is 1. The van der Waals surface area contributed by atoms with E-state index >= 15 is 0 Å². The van der Waals surface area contributed by atoms with Crippen LogP contribution in [0.4, 0.5) is 5.69 Å². The smallest absolute Gasteiger partial charge is 0.243 e. The van der Waals surface area contributed by atoms with Gasteiger partial charge in [-0.3, -0.25) is 4.79 Å². The second kappa shape index (κ2) is 9.17. The third kappa shape index (κ3) is 4.26. The highest BCUT2D eigenvalue weighted by atomic mass is 35.5. The van der Waals surface area contributed by atoms with E-state index in [1.54, 1.807) is 30.3 Å². The monoisotopic (exact) mass is 494 g/mol. The number of nitrogens with one attached hydrogen (secondary N) is 1. The van der Waals surface area contributed by atoms with Crippen molar-refractivity contribution in [2.24, 2.45) is 0 Å². The third-order valence-electron chi connectivity index (χ3n) is 7.11. The molecule has 1 heterocycles. The summed E-state index contributed by atoms with van der Waals surface area (Å²) in [4.78, 5) is 13.8. The molecule has 0 saturated heterocycles. The van der Waals surface area contributed by atoms with Crippen molar-refractivity contribution in [1.82, 2.24) is 4.31 Å². The topological polar surface area (TPSA) is 66.5 Å². The summed E-state index contributed by atoms with van der Waals surface area (Å²) in [6.45, 7) is 0.730. The molecule has 0 radical (unpaired) electrons. The lowest BCUT2D eigenvalue weighted by atomic mass is 9.78. The van der Waals surface area contributed by atoms with Gasteiger partial charge in [-0.1, -0.05) is 60.8 Å². The zero-order chi connectivity index (χ0) is 23.8. The fourth-order valence-electron chi connectivity index (χ4n) is 5.20. The van der Waals surface area contributed by atoms with Crippen LogP contribution in [0, 0.1) is 0 Å². The molecule has 176 valence electrons. The molecular formula is C27H27ClN2O3S. The van der Waals surface area contributed by atoms with E-state index in [1.807, 2.05) is 42.5 Å². The van der Waals surface area contributed by atoms with Gasteiger partial charge in [-0.25, -0.2) is 8.42 Å². The van der Waals surface area contributed by atoms with Crippen LogP contribution in [0.25, 0.3) is 0 Å². The number of benzene rings is 3. The number of hydrogen-bond acceptors (Lipinski definition) is 3. The highest BCUT2D eigenvalue weighted by molar-refractivity contribution is 7.89. The number of amides is 1. The maximum atomic E-state index is 13.5. The lowest BCUT2D eigenvalue weighted by Crippen LogP contribution is -2.38. The number of nitrogens with zero attached hydrogens (tertiary/aromatic N) is 1. The van der Waals surface area contributed by atoms with Crippen molar-refractivity contribution in [3.05, 3.63) is 94.5 Å². The van der Waals surface area contributed by atoms with E-state index < -0.39 is 15.4 Å². The zero-order valence-corrected chi connectivity index (χ0v) is 20.4. The van der Waals surface area contributed by atoms with Crippen LogP contribution in [0.2, 0.25) is 5.02 Å². The van der Waals surface area contributed by atoms with Gasteiger partial charge in [-0.15, -0.1) is 0 Å². The fraction of sp³-hybridized carbons (Fsp3) is 0.296. The normalized spacial score (nSPS) is 17.8. The molecule has 0 bridgehead atoms. The van der Waals surface area contributed by atoms with Crippen LogP contribution in [0.15, 0.2) is 77.7 Å². The minimum absolute atomic E-state index is 0.0168. The lowest BCUT2D eigenvalue weighted by Gasteiger charge is -2.30. The molecule has 0 aromatic heterocycles. The summed E-state index contributed by atoms with van der Waals surface area (Å²) in [6, 6.07) is 21.9. The number of carbonyl (C=O) groups is 1. The van der Waals surface area contributed by atoms with Crippen LogP contribution in [0.3, 0.4) is 0 Å². The maximum absolute atomic E-state index is 13.5. The molecule has 0 spiro atoms. The molecule has 1 N–H and O–H groups in total. The van der Waals surface area contributed by atoms with Crippen molar-refractivity contribution in [3.8, 4) is 0 Å². The van der Waals surface area contributed by atoms with Crippen LogP contribution in [-0.2, 0) is 33.2 Å². The van der Waals surface area contributed by atoms with Gasteiger partial charge in [0, 0.05) is 23.8 Å². The number of rotatable bonds is 5. The molecule has 3 aromatic carbocycles. The minimum atomic E-state index is -3.57. The molecule has 1 fully saturated rings. The summed E-state index contributed by atoms with van der Waals surface area (Å²) >= 11 is 6.08. The molecular weight excluding hydrogens is 468 g/mol. The quantitative estimate of drug-likeness (QED) is 0.506. The summed E-state index contributed by atoms with van der Waals surface area (Å²) in [7, 11) is -3.57. The second-order valence-corrected chi connectivity index (χ2v) is 11.5. The lowest BCUT2D eigenvalue weighted by molar-refractivity contribution is -0.121. The Morgan fingerprint density at radius 3 is 2.32 bits per heavy atom. The standard InChI is InChI=1S/C27H27ClN2O3S/c28-23-11-9-22(10-12-23)27(15-4-5-16-27)26(31)29-24-13-8-20-14-17-30(19-21(20)18-24)34(32,33)25-6-2-1-3-7-25/h1-3,6-13,18H,4-5,14-17,19H2,(H,29,31). The molecule has 0 atom stereocenters. The minimum Gasteiger partial charge on any atom is -0.325 e. The molecule has 5 nitrogen and oxygen atoms in total. The second-order valence-electron chi connectivity index (χ2n) is 9.14. The van der Waals surface area contributed by atoms with Gasteiger partial charge in [-0.05, 0) is 72.4 Å². The molecule has 1 aliphatic carbocycles. The predicted molar refractivity (Wildman–Crippen MR) is 134 cm³/mol. The fourth-order valence-corrected chi connectivity index (χ4v) is 6.77. The van der Waals surface area contributed by atoms with Gasteiger partial charge in [0.2, 0.25) is 15.9 Å². The van der Waals surface area contributed by atoms with Crippen LogP contribution >= 0.6 is 11.6 Å². The van der Waals surface area contributed by atoms with Crippen LogP contribution in [-0.4, -0.2) is 25.2 Å². The molecule has 7 heteroatoms. The Morgan fingerprint density at radius 1 is 0.912 bits per heavy atom. The molecule has 1 amide bonds. The average molecular weight is 495 g/mol. The number of halogens is 1. The highest BCUT2D eigenvalue weighted by Gasteiger charge is 2.42. The van der Waals surface area contributed by atoms with Gasteiger partial charge < -0.3 is 5.32 Å². The van der Waals surface area contributed by atoms with Crippen LogP contribution in [0.5, 0.6) is 0 Å². The molecule has 1 aliphatic heterocycles. The average Bonchev–Trinajstić information content (AvgIpc) is 3.36. The SMILES string of the molecule is O=C(Nc1ccc2c(c1)CN(S(=O)(=O)c1ccccc1)CC2)C1(c2ccc(Cl)cc2)CCCC1. The third-order valence-corrected chi connectivity index (χ3v) is 9.22. The van der Waals surface area contributed by atoms with Crippen LogP contribution < -0.4 is 5.32 Å². The van der Waals surface area contributed by atoms with Gasteiger partial charge in [0.1, 0.15) is 0 Å². The van der Waals surface area contributed by atoms with Crippen molar-refractivity contribution in [1.29, 1.82) is 0 Å². The van der Waals surface area contributed by atoms with Crippen molar-refractivity contribution in [2.45, 2.75) is 49.0 Å². The van der Waals surface area contributed by atoms with E-state index in [9.17, 15) is 13.2 Å². The van der Waals surface area contributed by atoms with E-state index in [0.717, 1.165) is 42.4 Å². The van der Waals surface area contributed by atoms with E-state index in [4.69, 9.17) is 11.6 Å². The zero-order valence-electron chi connectivity index (χ0n) is 18.8. The Bertz CT molecular complexity index is 1300. The first-order chi connectivity index (χ1) is 16.4. The summed E-state index contributed by atoms with van der Waals surface area (Å²) in [5, 5.41) is 3.79. The van der Waals surface area contributed by atoms with E-state index in [-0.39, 0.29) is 5.91 Å². The van der Waals surface area contributed by atoms with E-state index in [2.05, 4.69) is 5.32 Å². The Morgan fingerprint density at radius 2 is 1.62 bits per heavy atom. The molecule has 34 heavy (non-hydrogen) atoms. The van der Waals surface area contributed by atoms with Gasteiger partial charge in [0.05, 0.1) is 10.3 Å². The Balaban J connectivity index is 1.38. The number of hydrogen-bond donors (Lipinski definition) is 1. The first-order valence-corrected chi connectivity index (χ1v) is 13.4. The largest absolute Gasteiger partial charge is 0.325 e. The highest BCUT2D eigenvalue weighted by Crippen LogP contribution is 2.42. The van der Waals surface area contributed by atoms with E-state index in [1.165, 1.54) is 4.31 Å². The van der Waals surface area contributed by atoms with Crippen molar-refractivity contribution in [3.63, 3.8) is 0 Å². The Labute approximate surface area is 205 Å². The molecule has 1 saturated carbocycles. The molecule has 0 unspecified atom stereocenters. The first kappa shape index (κ1) is 23.1. The Hall–Kier alpha value is -2.67. The van der Waals surface area contributed by atoms with Crippen molar-refractivity contribution >= 4 is 33.2 Å². The summed E-state index contributed by atoms with van der Waals surface area (Å²) in [5.74, 6) is -0.0168. The van der Waals surface area contributed by atoms with Crippen LogP contribution in [0.1, 0.15) is 42.4 Å². The predicted octanol–water partition coefficient (Wildman–Crippen LogP) is 5.54. The Kier molecular flexibility index (Phi) is 6.23. The first-order valence-electron chi connectivity index (χ1n) is 11.6. The summed E-state index contributed by atoms with van der Waals surface area (Å²) < 4.78 is 27.7. The van der Waals surface area contributed by atoms with Crippen molar-refractivity contribution in [2.75, 3.05) is 11.9 Å². The number of fused-ring (bicyclic) bond motifs is 1. The van der Waals surface area contributed by atoms with Gasteiger partial charge in [0.15, 0.2) is 0 Å².